The minimum absolute atomic E-state index is 0.0482. The van der Waals surface area contributed by atoms with Gasteiger partial charge in [0.2, 0.25) is 10.0 Å². The molecule has 1 rings (SSSR count). The van der Waals surface area contributed by atoms with Gasteiger partial charge in [-0.15, -0.1) is 0 Å². The SMILES string of the molecule is CNCc1cc(S(=O)(=O)N(C)C(C)C)cn1C. The van der Waals surface area contributed by atoms with Crippen LogP contribution >= 0.6 is 0 Å². The lowest BCUT2D eigenvalue weighted by Crippen LogP contribution is -2.32. The highest BCUT2D eigenvalue weighted by Crippen LogP contribution is 2.18. The van der Waals surface area contributed by atoms with E-state index in [4.69, 9.17) is 0 Å². The minimum atomic E-state index is -3.37. The minimum Gasteiger partial charge on any atom is -0.352 e. The van der Waals surface area contributed by atoms with E-state index in [1.54, 1.807) is 19.3 Å². The van der Waals surface area contributed by atoms with Crippen molar-refractivity contribution >= 4 is 10.0 Å². The van der Waals surface area contributed by atoms with Gasteiger partial charge in [-0.1, -0.05) is 0 Å². The molecule has 17 heavy (non-hydrogen) atoms. The lowest BCUT2D eigenvalue weighted by molar-refractivity contribution is 0.410. The Bertz CT molecular complexity index is 477. The van der Waals surface area contributed by atoms with Crippen molar-refractivity contribution in [1.82, 2.24) is 14.2 Å². The van der Waals surface area contributed by atoms with Crippen LogP contribution in [0.1, 0.15) is 19.5 Å². The maximum Gasteiger partial charge on any atom is 0.244 e. The Morgan fingerprint density at radius 2 is 2.06 bits per heavy atom. The molecule has 0 aliphatic carbocycles. The summed E-state index contributed by atoms with van der Waals surface area (Å²) in [6.07, 6.45) is 1.65. The van der Waals surface area contributed by atoms with Crippen LogP contribution in [0.2, 0.25) is 0 Å². The van der Waals surface area contributed by atoms with E-state index < -0.39 is 10.0 Å². The summed E-state index contributed by atoms with van der Waals surface area (Å²) in [7, 11) is 1.91. The summed E-state index contributed by atoms with van der Waals surface area (Å²) < 4.78 is 27.7. The van der Waals surface area contributed by atoms with Crippen LogP contribution in [0.5, 0.6) is 0 Å². The molecule has 1 aromatic rings. The van der Waals surface area contributed by atoms with Crippen molar-refractivity contribution in [3.05, 3.63) is 18.0 Å². The van der Waals surface area contributed by atoms with Crippen molar-refractivity contribution < 1.29 is 8.42 Å². The molecule has 0 bridgehead atoms. The second-order valence-corrected chi connectivity index (χ2v) is 6.42. The Labute approximate surface area is 103 Å². The molecule has 0 fully saturated rings. The van der Waals surface area contributed by atoms with Gasteiger partial charge >= 0.3 is 0 Å². The Morgan fingerprint density at radius 1 is 1.47 bits per heavy atom. The molecular formula is C11H21N3O2S. The molecule has 6 heteroatoms. The van der Waals surface area contributed by atoms with Gasteiger partial charge < -0.3 is 9.88 Å². The second-order valence-electron chi connectivity index (χ2n) is 4.42. The van der Waals surface area contributed by atoms with Gasteiger partial charge in [0.25, 0.3) is 0 Å². The first-order chi connectivity index (χ1) is 7.80. The first-order valence-electron chi connectivity index (χ1n) is 5.58. The fourth-order valence-corrected chi connectivity index (χ4v) is 2.98. The van der Waals surface area contributed by atoms with Crippen LogP contribution in [0.25, 0.3) is 0 Å². The van der Waals surface area contributed by atoms with Crippen molar-refractivity contribution in [3.8, 4) is 0 Å². The van der Waals surface area contributed by atoms with Gasteiger partial charge in [0.1, 0.15) is 4.90 Å². The van der Waals surface area contributed by atoms with Crippen LogP contribution < -0.4 is 5.32 Å². The first kappa shape index (κ1) is 14.2. The fraction of sp³-hybridized carbons (Fsp3) is 0.636. The van der Waals surface area contributed by atoms with E-state index in [2.05, 4.69) is 5.32 Å². The second kappa shape index (κ2) is 5.20. The number of aromatic nitrogens is 1. The third kappa shape index (κ3) is 2.88. The van der Waals surface area contributed by atoms with Crippen molar-refractivity contribution in [3.63, 3.8) is 0 Å². The van der Waals surface area contributed by atoms with Gasteiger partial charge in [-0.3, -0.25) is 0 Å². The molecule has 0 unspecified atom stereocenters. The fourth-order valence-electron chi connectivity index (χ4n) is 1.52. The molecule has 0 atom stereocenters. The summed E-state index contributed by atoms with van der Waals surface area (Å²) in [4.78, 5) is 0.349. The van der Waals surface area contributed by atoms with Crippen LogP contribution in [0.15, 0.2) is 17.2 Å². The monoisotopic (exact) mass is 259 g/mol. The van der Waals surface area contributed by atoms with Crippen LogP contribution in [-0.4, -0.2) is 37.4 Å². The molecule has 0 saturated carbocycles. The van der Waals surface area contributed by atoms with Crippen LogP contribution in [0.4, 0.5) is 0 Å². The number of aryl methyl sites for hydroxylation is 1. The Morgan fingerprint density at radius 3 is 2.53 bits per heavy atom. The summed E-state index contributed by atoms with van der Waals surface area (Å²) in [5, 5.41) is 3.01. The Balaban J connectivity index is 3.12. The van der Waals surface area contributed by atoms with Crippen molar-refractivity contribution in [2.75, 3.05) is 14.1 Å². The van der Waals surface area contributed by atoms with E-state index in [-0.39, 0.29) is 6.04 Å². The summed E-state index contributed by atoms with van der Waals surface area (Å²) in [6.45, 7) is 4.36. The van der Waals surface area contributed by atoms with Gasteiger partial charge in [-0.2, -0.15) is 4.31 Å². The van der Waals surface area contributed by atoms with Gasteiger partial charge in [-0.25, -0.2) is 8.42 Å². The summed E-state index contributed by atoms with van der Waals surface area (Å²) >= 11 is 0. The largest absolute Gasteiger partial charge is 0.352 e. The molecule has 0 aliphatic rings. The zero-order valence-corrected chi connectivity index (χ0v) is 11.9. The average Bonchev–Trinajstić information content (AvgIpc) is 2.60. The first-order valence-corrected chi connectivity index (χ1v) is 7.02. The molecule has 0 spiro atoms. The molecule has 0 radical (unpaired) electrons. The molecule has 1 N–H and O–H groups in total. The highest BCUT2D eigenvalue weighted by atomic mass is 32.2. The summed E-state index contributed by atoms with van der Waals surface area (Å²) in [5.74, 6) is 0. The number of nitrogens with one attached hydrogen (secondary N) is 1. The van der Waals surface area contributed by atoms with Crippen LogP contribution in [-0.2, 0) is 23.6 Å². The number of hydrogen-bond donors (Lipinski definition) is 1. The molecule has 5 nitrogen and oxygen atoms in total. The number of sulfonamides is 1. The number of hydrogen-bond acceptors (Lipinski definition) is 3. The highest BCUT2D eigenvalue weighted by Gasteiger charge is 2.24. The maximum atomic E-state index is 12.2. The molecule has 1 aromatic heterocycles. The smallest absolute Gasteiger partial charge is 0.244 e. The molecule has 0 amide bonds. The van der Waals surface area contributed by atoms with E-state index in [1.807, 2.05) is 32.5 Å². The van der Waals surface area contributed by atoms with E-state index in [0.717, 1.165) is 5.69 Å². The van der Waals surface area contributed by atoms with E-state index in [9.17, 15) is 8.42 Å². The van der Waals surface area contributed by atoms with E-state index in [0.29, 0.717) is 11.4 Å². The zero-order chi connectivity index (χ0) is 13.2. The van der Waals surface area contributed by atoms with Crippen LogP contribution in [0.3, 0.4) is 0 Å². The normalized spacial score (nSPS) is 12.6. The summed E-state index contributed by atoms with van der Waals surface area (Å²) in [5.41, 5.74) is 0.947. The molecular weight excluding hydrogens is 238 g/mol. The predicted molar refractivity (Wildman–Crippen MR) is 68.3 cm³/mol. The number of nitrogens with zero attached hydrogens (tertiary/aromatic N) is 2. The van der Waals surface area contributed by atoms with Gasteiger partial charge in [0.05, 0.1) is 0 Å². The van der Waals surface area contributed by atoms with Gasteiger partial charge in [-0.05, 0) is 27.0 Å². The van der Waals surface area contributed by atoms with Gasteiger partial charge in [0.15, 0.2) is 0 Å². The van der Waals surface area contributed by atoms with Gasteiger partial charge in [0, 0.05) is 38.6 Å². The van der Waals surface area contributed by atoms with E-state index >= 15 is 0 Å². The zero-order valence-electron chi connectivity index (χ0n) is 11.1. The Hall–Kier alpha value is -0.850. The standard InChI is InChI=1S/C11H21N3O2S/c1-9(2)14(5)17(15,16)11-6-10(7-12-3)13(4)8-11/h6,8-9,12H,7H2,1-5H3. The molecule has 0 aromatic carbocycles. The predicted octanol–water partition coefficient (Wildman–Crippen LogP) is 0.773. The molecule has 0 aliphatic heterocycles. The van der Waals surface area contributed by atoms with Crippen molar-refractivity contribution in [2.45, 2.75) is 31.3 Å². The summed E-state index contributed by atoms with van der Waals surface area (Å²) in [6, 6.07) is 1.66. The maximum absolute atomic E-state index is 12.2. The molecule has 1 heterocycles. The Kier molecular flexibility index (Phi) is 4.35. The lowest BCUT2D eigenvalue weighted by atomic mass is 10.4. The topological polar surface area (TPSA) is 54.3 Å². The highest BCUT2D eigenvalue weighted by molar-refractivity contribution is 7.89. The lowest BCUT2D eigenvalue weighted by Gasteiger charge is -2.19. The van der Waals surface area contributed by atoms with Crippen molar-refractivity contribution in [2.24, 2.45) is 7.05 Å². The van der Waals surface area contributed by atoms with Crippen molar-refractivity contribution in [1.29, 1.82) is 0 Å². The van der Waals surface area contributed by atoms with E-state index in [1.165, 1.54) is 4.31 Å². The quantitative estimate of drug-likeness (QED) is 0.850. The molecule has 98 valence electrons. The average molecular weight is 259 g/mol. The number of rotatable bonds is 5. The van der Waals surface area contributed by atoms with Crippen LogP contribution in [0, 0.1) is 0 Å². The third-order valence-corrected chi connectivity index (χ3v) is 4.84. The third-order valence-electron chi connectivity index (χ3n) is 2.84. The molecule has 0 saturated heterocycles.